The summed E-state index contributed by atoms with van der Waals surface area (Å²) < 4.78 is 12.5. The molecule has 2 atom stereocenters. The van der Waals surface area contributed by atoms with E-state index in [9.17, 15) is 9.59 Å². The predicted molar refractivity (Wildman–Crippen MR) is 122 cm³/mol. The second-order valence-electron chi connectivity index (χ2n) is 8.35. The number of benzene rings is 3. The summed E-state index contributed by atoms with van der Waals surface area (Å²) in [6, 6.07) is 17.0. The lowest BCUT2D eigenvalue weighted by Gasteiger charge is -2.37. The van der Waals surface area contributed by atoms with Crippen LogP contribution >= 0.6 is 11.8 Å². The van der Waals surface area contributed by atoms with Crippen LogP contribution < -0.4 is 14.8 Å². The molecule has 2 amide bonds. The first-order valence-corrected chi connectivity index (χ1v) is 11.4. The minimum absolute atomic E-state index is 0.0620. The fraction of sp³-hybridized carbons (Fsp3) is 0.240. The van der Waals surface area contributed by atoms with Gasteiger partial charge in [-0.25, -0.2) is 4.85 Å². The van der Waals surface area contributed by atoms with Crippen molar-refractivity contribution >= 4 is 39.4 Å². The Kier molecular flexibility index (Phi) is 4.37. The van der Waals surface area contributed by atoms with Gasteiger partial charge in [-0.15, -0.1) is 0 Å². The molecular weight excluding hydrogens is 424 g/mol. The third-order valence-electron chi connectivity index (χ3n) is 6.53. The summed E-state index contributed by atoms with van der Waals surface area (Å²) >= 11 is 1.08. The van der Waals surface area contributed by atoms with Crippen LogP contribution in [0.15, 0.2) is 54.6 Å². The van der Waals surface area contributed by atoms with Gasteiger partial charge in [0.25, 0.3) is 5.24 Å². The third-order valence-corrected chi connectivity index (χ3v) is 7.61. The van der Waals surface area contributed by atoms with Crippen LogP contribution in [0.2, 0.25) is 0 Å². The molecule has 2 bridgehead atoms. The quantitative estimate of drug-likeness (QED) is 0.520. The van der Waals surface area contributed by atoms with Gasteiger partial charge in [-0.3, -0.25) is 14.9 Å². The Labute approximate surface area is 188 Å². The van der Waals surface area contributed by atoms with Gasteiger partial charge in [0, 0.05) is 17.4 Å². The minimum atomic E-state index is -0.425. The molecule has 2 unspecified atom stereocenters. The van der Waals surface area contributed by atoms with Crippen LogP contribution in [0.5, 0.6) is 17.2 Å². The van der Waals surface area contributed by atoms with Crippen molar-refractivity contribution in [3.63, 3.8) is 0 Å². The summed E-state index contributed by atoms with van der Waals surface area (Å²) in [5, 5.41) is 3.43. The molecule has 158 valence electrons. The van der Waals surface area contributed by atoms with E-state index in [4.69, 9.17) is 16.0 Å². The largest absolute Gasteiger partial charge is 0.490 e. The zero-order chi connectivity index (χ0) is 21.8. The highest BCUT2D eigenvalue weighted by Gasteiger charge is 2.50. The highest BCUT2D eigenvalue weighted by molar-refractivity contribution is 8.15. The van der Waals surface area contributed by atoms with Gasteiger partial charge in [0.1, 0.15) is 22.5 Å². The lowest BCUT2D eigenvalue weighted by molar-refractivity contribution is -0.119. The van der Waals surface area contributed by atoms with E-state index in [2.05, 4.69) is 10.2 Å². The molecule has 3 aliphatic heterocycles. The summed E-state index contributed by atoms with van der Waals surface area (Å²) in [5.41, 5.74) is 1.54. The Morgan fingerprint density at radius 3 is 2.62 bits per heavy atom. The summed E-state index contributed by atoms with van der Waals surface area (Å²) in [6.07, 6.45) is 1.90. The van der Waals surface area contributed by atoms with Gasteiger partial charge in [0.15, 0.2) is 5.69 Å². The van der Waals surface area contributed by atoms with E-state index >= 15 is 0 Å². The number of imide groups is 1. The van der Waals surface area contributed by atoms with E-state index in [-0.39, 0.29) is 23.2 Å². The molecule has 3 aromatic carbocycles. The van der Waals surface area contributed by atoms with Crippen molar-refractivity contribution in [3.05, 3.63) is 71.6 Å². The summed E-state index contributed by atoms with van der Waals surface area (Å²) in [4.78, 5) is 27.8. The Hall–Kier alpha value is -3.50. The van der Waals surface area contributed by atoms with Crippen molar-refractivity contribution < 1.29 is 19.1 Å². The summed E-state index contributed by atoms with van der Waals surface area (Å²) in [5.74, 6) is 2.06. The zero-order valence-electron chi connectivity index (χ0n) is 16.9. The van der Waals surface area contributed by atoms with Gasteiger partial charge in [-0.1, -0.05) is 48.2 Å². The number of carbonyl (C=O) groups excluding carboxylic acids is 2. The van der Waals surface area contributed by atoms with Crippen molar-refractivity contribution in [2.24, 2.45) is 5.92 Å². The van der Waals surface area contributed by atoms with Crippen molar-refractivity contribution in [3.8, 4) is 17.2 Å². The molecule has 3 heterocycles. The average Bonchev–Trinajstić information content (AvgIpc) is 2.94. The maximum absolute atomic E-state index is 12.4. The molecule has 0 aromatic heterocycles. The number of ether oxygens (including phenoxy) is 2. The van der Waals surface area contributed by atoms with Gasteiger partial charge in [0.05, 0.1) is 12.7 Å². The fourth-order valence-corrected chi connectivity index (χ4v) is 6.04. The van der Waals surface area contributed by atoms with Crippen molar-refractivity contribution in [1.29, 1.82) is 0 Å². The molecule has 1 aliphatic carbocycles. The second-order valence-corrected chi connectivity index (χ2v) is 9.47. The minimum Gasteiger partial charge on any atom is -0.490 e. The first kappa shape index (κ1) is 19.2. The van der Waals surface area contributed by atoms with Crippen LogP contribution in [0.1, 0.15) is 24.3 Å². The van der Waals surface area contributed by atoms with Gasteiger partial charge < -0.3 is 9.47 Å². The molecule has 32 heavy (non-hydrogen) atoms. The fourth-order valence-electron chi connectivity index (χ4n) is 4.97. The molecule has 1 saturated heterocycles. The molecule has 2 fully saturated rings. The lowest BCUT2D eigenvalue weighted by Crippen LogP contribution is -2.39. The maximum atomic E-state index is 12.4. The van der Waals surface area contributed by atoms with Gasteiger partial charge in [0.2, 0.25) is 5.91 Å². The normalized spacial score (nSPS) is 25.7. The van der Waals surface area contributed by atoms with Gasteiger partial charge in [-0.2, -0.15) is 0 Å². The van der Waals surface area contributed by atoms with E-state index in [0.29, 0.717) is 28.9 Å². The molecule has 1 N–H and O–H groups in total. The predicted octanol–water partition coefficient (Wildman–Crippen LogP) is 5.79. The van der Waals surface area contributed by atoms with Crippen LogP contribution in [-0.2, 0) is 4.79 Å². The molecule has 6 nitrogen and oxygen atoms in total. The maximum Gasteiger partial charge on any atom is 0.286 e. The van der Waals surface area contributed by atoms with Crippen molar-refractivity contribution in [2.75, 3.05) is 0 Å². The van der Waals surface area contributed by atoms with Crippen molar-refractivity contribution in [1.82, 2.24) is 5.32 Å². The topological polar surface area (TPSA) is 69.0 Å². The zero-order valence-corrected chi connectivity index (χ0v) is 17.7. The van der Waals surface area contributed by atoms with Gasteiger partial charge in [-0.05, 0) is 41.8 Å². The highest BCUT2D eigenvalue weighted by Crippen LogP contribution is 2.53. The Balaban J connectivity index is 1.37. The molecule has 0 spiro atoms. The number of hydrogen-bond acceptors (Lipinski definition) is 5. The highest BCUT2D eigenvalue weighted by atomic mass is 32.2. The van der Waals surface area contributed by atoms with Crippen LogP contribution in [-0.4, -0.2) is 22.5 Å². The molecule has 1 saturated carbocycles. The van der Waals surface area contributed by atoms with E-state index in [0.717, 1.165) is 40.9 Å². The number of fused-ring (bicyclic) bond motifs is 1. The smallest absolute Gasteiger partial charge is 0.286 e. The lowest BCUT2D eigenvalue weighted by atomic mass is 9.70. The Morgan fingerprint density at radius 2 is 1.88 bits per heavy atom. The summed E-state index contributed by atoms with van der Waals surface area (Å²) in [6.45, 7) is 7.40. The van der Waals surface area contributed by atoms with Crippen LogP contribution in [0.3, 0.4) is 0 Å². The summed E-state index contributed by atoms with van der Waals surface area (Å²) in [7, 11) is 0. The number of hydrogen-bond donors (Lipinski definition) is 1. The molecule has 7 heteroatoms. The number of nitrogens with zero attached hydrogens (tertiary/aromatic N) is 1. The number of thioether (sulfide) groups is 1. The van der Waals surface area contributed by atoms with E-state index in [1.165, 1.54) is 0 Å². The third kappa shape index (κ3) is 3.02. The standard InChI is InChI=1S/C25H18N2O4S/c1-26-19-8-9-20(17-5-3-2-4-16(17)19)30-14-6-7-18-21(12-14)31-15-10-13(11-15)22(18)23-24(28)27-25(29)32-23/h2-9,12-13,15,22-23H,10-11H2,(H,27,28,29). The molecule has 7 rings (SSSR count). The Bertz CT molecular complexity index is 1330. The molecule has 4 aliphatic rings. The van der Waals surface area contributed by atoms with E-state index in [1.54, 1.807) is 6.07 Å². The molecular formula is C25H18N2O4S. The van der Waals surface area contributed by atoms with Crippen LogP contribution in [0.4, 0.5) is 10.5 Å². The van der Waals surface area contributed by atoms with Gasteiger partial charge >= 0.3 is 0 Å². The van der Waals surface area contributed by atoms with Crippen LogP contribution in [0, 0.1) is 12.5 Å². The number of nitrogens with one attached hydrogen (secondary N) is 1. The Morgan fingerprint density at radius 1 is 1.06 bits per heavy atom. The first-order chi connectivity index (χ1) is 15.6. The molecule has 0 radical (unpaired) electrons. The number of carbonyl (C=O) groups is 2. The average molecular weight is 442 g/mol. The first-order valence-electron chi connectivity index (χ1n) is 10.5. The van der Waals surface area contributed by atoms with E-state index < -0.39 is 5.25 Å². The second kappa shape index (κ2) is 7.28. The monoisotopic (exact) mass is 442 g/mol. The number of rotatable bonds is 3. The van der Waals surface area contributed by atoms with E-state index in [1.807, 2.05) is 48.5 Å². The van der Waals surface area contributed by atoms with Crippen LogP contribution in [0.25, 0.3) is 15.6 Å². The SMILES string of the molecule is [C-]#[N+]c1ccc(Oc2ccc3c(c2)OC2CC(C2)C3C2SC(=O)NC2=O)c2ccccc12. The van der Waals surface area contributed by atoms with Crippen molar-refractivity contribution in [2.45, 2.75) is 30.1 Å². The number of amides is 2. The molecule has 3 aromatic rings.